The van der Waals surface area contributed by atoms with E-state index in [1.54, 1.807) is 0 Å². The van der Waals surface area contributed by atoms with Gasteiger partial charge in [-0.3, -0.25) is 5.50 Å². The molecule has 0 amide bonds. The molecule has 5 N–H and O–H groups in total. The molecule has 0 aliphatic carbocycles. The van der Waals surface area contributed by atoms with Crippen LogP contribution in [-0.4, -0.2) is 14.7 Å². The summed E-state index contributed by atoms with van der Waals surface area (Å²) in [6.45, 7) is 0. The quantitative estimate of drug-likeness (QED) is 0.315. The van der Waals surface area contributed by atoms with Crippen LogP contribution in [-0.2, 0) is 0 Å². The van der Waals surface area contributed by atoms with Gasteiger partial charge in [-0.1, -0.05) is 0 Å². The molecule has 0 rings (SSSR count). The maximum Gasteiger partial charge on any atom is 0.247 e. The highest BCUT2D eigenvalue weighted by Crippen LogP contribution is 2.05. The van der Waals surface area contributed by atoms with Crippen molar-refractivity contribution in [3.05, 3.63) is 0 Å². The van der Waals surface area contributed by atoms with E-state index in [9.17, 15) is 0 Å². The summed E-state index contributed by atoms with van der Waals surface area (Å²) in [5.41, 5.74) is 4.29. The van der Waals surface area contributed by atoms with E-state index in [0.717, 1.165) is 0 Å². The number of hydrogen-bond donors (Lipinski definition) is 4. The van der Waals surface area contributed by atoms with Crippen LogP contribution >= 0.6 is 18.0 Å². The first-order valence-corrected chi connectivity index (χ1v) is 2.75. The second-order valence-electron chi connectivity index (χ2n) is 0.320. The van der Waals surface area contributed by atoms with Gasteiger partial charge in [0.25, 0.3) is 0 Å². The van der Waals surface area contributed by atoms with Crippen LogP contribution in [0.3, 0.4) is 0 Å². The van der Waals surface area contributed by atoms with Crippen LogP contribution in [0.15, 0.2) is 0 Å². The van der Waals surface area contributed by atoms with Gasteiger partial charge in [-0.05, 0) is 9.47 Å². The van der Waals surface area contributed by atoms with E-state index in [1.807, 2.05) is 0 Å². The Kier molecular flexibility index (Phi) is 15.1. The molecule has 6 heavy (non-hydrogen) atoms. The van der Waals surface area contributed by atoms with Crippen molar-refractivity contribution in [3.8, 4) is 0 Å². The second-order valence-corrected chi connectivity index (χ2v) is 0.961. The van der Waals surface area contributed by atoms with Crippen LogP contribution in [0, 0.1) is 0 Å². The molecule has 0 aliphatic heterocycles. The summed E-state index contributed by atoms with van der Waals surface area (Å²) in [6, 6.07) is 0. The molecular weight excluding hydrogens is 124 g/mol. The van der Waals surface area contributed by atoms with E-state index in [1.165, 1.54) is 9.47 Å². The third-order valence-corrected chi connectivity index (χ3v) is 0. The van der Waals surface area contributed by atoms with Gasteiger partial charge >= 0.3 is 0 Å². The highest BCUT2D eigenvalue weighted by molar-refractivity contribution is 7.42. The predicted octanol–water partition coefficient (Wildman–Crippen LogP) is -1.07. The summed E-state index contributed by atoms with van der Waals surface area (Å²) in [4.78, 5) is 21.8. The summed E-state index contributed by atoms with van der Waals surface area (Å²) >= 11 is 0. The van der Waals surface area contributed by atoms with Crippen LogP contribution in [0.2, 0.25) is 0 Å². The van der Waals surface area contributed by atoms with E-state index in [-0.39, 0.29) is 0 Å². The predicted molar refractivity (Wildman–Crippen MR) is 27.5 cm³/mol. The fourth-order valence-corrected chi connectivity index (χ4v) is 0. The summed E-state index contributed by atoms with van der Waals surface area (Å²) in [7, 11) is -0.704. The normalized spacial score (nSPS) is 7.00. The molecule has 0 fully saturated rings. The van der Waals surface area contributed by atoms with Crippen LogP contribution in [0.4, 0.5) is 0 Å². The van der Waals surface area contributed by atoms with Crippen molar-refractivity contribution in [2.45, 2.75) is 0 Å². The average Bonchev–Trinajstić information content (AvgIpc) is 1.41. The van der Waals surface area contributed by atoms with E-state index in [2.05, 4.69) is 5.50 Å². The van der Waals surface area contributed by atoms with Gasteiger partial charge in [0.15, 0.2) is 0 Å². The molecule has 0 bridgehead atoms. The summed E-state index contributed by atoms with van der Waals surface area (Å²) < 4.78 is 0. The molecular formula is H7NO3P2. The molecule has 0 heterocycles. The van der Waals surface area contributed by atoms with E-state index >= 15 is 0 Å². The van der Waals surface area contributed by atoms with Crippen LogP contribution in [0.25, 0.3) is 0 Å². The zero-order chi connectivity index (χ0) is 5.58. The lowest BCUT2D eigenvalue weighted by atomic mass is 13.9. The van der Waals surface area contributed by atoms with Crippen LogP contribution in [0.1, 0.15) is 0 Å². The average molecular weight is 131 g/mol. The SMILES string of the molecule is NP(O)O.OP. The maximum absolute atomic E-state index is 7.45. The van der Waals surface area contributed by atoms with Gasteiger partial charge in [-0.15, -0.1) is 0 Å². The molecule has 1 atom stereocenters. The molecule has 0 aromatic rings. The van der Waals surface area contributed by atoms with Crippen molar-refractivity contribution >= 4 is 18.0 Å². The number of nitrogens with two attached hydrogens (primary N) is 1. The molecule has 0 spiro atoms. The summed E-state index contributed by atoms with van der Waals surface area (Å²) in [5.74, 6) is 0. The van der Waals surface area contributed by atoms with Crippen molar-refractivity contribution in [2.24, 2.45) is 5.50 Å². The van der Waals surface area contributed by atoms with Crippen molar-refractivity contribution < 1.29 is 14.7 Å². The first kappa shape index (κ1) is 9.85. The molecule has 0 saturated carbocycles. The second kappa shape index (κ2) is 9.20. The Morgan fingerprint density at radius 1 is 1.33 bits per heavy atom. The van der Waals surface area contributed by atoms with Gasteiger partial charge in [0.1, 0.15) is 0 Å². The standard InChI is InChI=1S/H4NO2P.H3OP/c1-4(2)3;1-2/h2-3H,1H2;1H,2H2. The lowest BCUT2D eigenvalue weighted by Gasteiger charge is -1.79. The van der Waals surface area contributed by atoms with E-state index in [0.29, 0.717) is 0 Å². The molecule has 0 aromatic carbocycles. The monoisotopic (exact) mass is 131 g/mol. The van der Waals surface area contributed by atoms with Crippen LogP contribution in [0.5, 0.6) is 0 Å². The molecule has 0 aliphatic rings. The Labute approximate surface area is 39.2 Å². The van der Waals surface area contributed by atoms with Crippen molar-refractivity contribution in [1.29, 1.82) is 0 Å². The van der Waals surface area contributed by atoms with Gasteiger partial charge in [-0.2, -0.15) is 0 Å². The molecule has 0 saturated heterocycles. The maximum atomic E-state index is 7.45. The third kappa shape index (κ3) is 131. The Balaban J connectivity index is 0. The topological polar surface area (TPSA) is 86.7 Å². The minimum atomic E-state index is -2.12. The minimum absolute atomic E-state index is 1.42. The Morgan fingerprint density at radius 2 is 1.33 bits per heavy atom. The largest absolute Gasteiger partial charge is 0.380 e. The minimum Gasteiger partial charge on any atom is -0.380 e. The lowest BCUT2D eigenvalue weighted by molar-refractivity contribution is 0.485. The first-order valence-electron chi connectivity index (χ1n) is 0.916. The van der Waals surface area contributed by atoms with Crippen molar-refractivity contribution in [3.63, 3.8) is 0 Å². The molecule has 40 valence electrons. The fraction of sp³-hybridized carbons (Fsp3) is 0. The van der Waals surface area contributed by atoms with Gasteiger partial charge < -0.3 is 14.7 Å². The van der Waals surface area contributed by atoms with Crippen molar-refractivity contribution in [1.82, 2.24) is 0 Å². The van der Waals surface area contributed by atoms with Gasteiger partial charge in [0.2, 0.25) is 8.53 Å². The third-order valence-electron chi connectivity index (χ3n) is 0. The molecule has 1 unspecified atom stereocenters. The van der Waals surface area contributed by atoms with Gasteiger partial charge in [0, 0.05) is 0 Å². The lowest BCUT2D eigenvalue weighted by Crippen LogP contribution is -1.78. The molecule has 0 radical (unpaired) electrons. The molecule has 6 heteroatoms. The van der Waals surface area contributed by atoms with E-state index in [4.69, 9.17) is 14.7 Å². The number of hydrogen-bond acceptors (Lipinski definition) is 4. The smallest absolute Gasteiger partial charge is 0.247 e. The van der Waals surface area contributed by atoms with Crippen LogP contribution < -0.4 is 5.50 Å². The zero-order valence-electron chi connectivity index (χ0n) is 2.94. The first-order chi connectivity index (χ1) is 2.73. The van der Waals surface area contributed by atoms with Crippen molar-refractivity contribution in [2.75, 3.05) is 0 Å². The Morgan fingerprint density at radius 3 is 1.33 bits per heavy atom. The zero-order valence-corrected chi connectivity index (χ0v) is 4.99. The molecule has 0 aromatic heterocycles. The fourth-order valence-electron chi connectivity index (χ4n) is 0. The molecule has 4 nitrogen and oxygen atoms in total. The summed E-state index contributed by atoms with van der Waals surface area (Å²) in [6.07, 6.45) is 0. The number of rotatable bonds is 0. The Hall–Kier alpha value is 0.700. The van der Waals surface area contributed by atoms with Gasteiger partial charge in [0.05, 0.1) is 0 Å². The highest BCUT2D eigenvalue weighted by Gasteiger charge is 1.72. The highest BCUT2D eigenvalue weighted by atomic mass is 31.2. The Bertz CT molecular complexity index is 13.5. The summed E-state index contributed by atoms with van der Waals surface area (Å²) in [5, 5.41) is 0. The van der Waals surface area contributed by atoms with Gasteiger partial charge in [-0.25, -0.2) is 0 Å². The van der Waals surface area contributed by atoms with E-state index < -0.39 is 8.53 Å².